The van der Waals surface area contributed by atoms with Crippen molar-refractivity contribution in [3.63, 3.8) is 0 Å². The van der Waals surface area contributed by atoms with E-state index in [-0.39, 0.29) is 0 Å². The monoisotopic (exact) mass is 255 g/mol. The van der Waals surface area contributed by atoms with Crippen molar-refractivity contribution in [3.8, 4) is 11.6 Å². The molecular weight excluding hydrogens is 238 g/mol. The van der Waals surface area contributed by atoms with Crippen LogP contribution in [0.2, 0.25) is 0 Å². The van der Waals surface area contributed by atoms with Crippen molar-refractivity contribution in [2.45, 2.75) is 32.4 Å². The van der Waals surface area contributed by atoms with Crippen LogP contribution >= 0.6 is 0 Å². The number of hydrogen-bond donors (Lipinski definition) is 1. The molecule has 19 heavy (non-hydrogen) atoms. The van der Waals surface area contributed by atoms with Gasteiger partial charge in [0.25, 0.3) is 0 Å². The third-order valence-electron chi connectivity index (χ3n) is 3.12. The highest BCUT2D eigenvalue weighted by atomic mass is 16.5. The molecule has 0 unspecified atom stereocenters. The number of benzene rings is 1. The topological polar surface area (TPSA) is 47.0 Å². The summed E-state index contributed by atoms with van der Waals surface area (Å²) in [5.41, 5.74) is 2.00. The Hall–Kier alpha value is -1.94. The molecule has 0 spiro atoms. The Morgan fingerprint density at radius 3 is 2.89 bits per heavy atom. The Balaban J connectivity index is 1.70. The Kier molecular flexibility index (Phi) is 3.42. The molecule has 0 aliphatic heterocycles. The summed E-state index contributed by atoms with van der Waals surface area (Å²) in [6, 6.07) is 8.56. The third kappa shape index (κ3) is 3.29. The fraction of sp³-hybridized carbons (Fsp3) is 0.333. The van der Waals surface area contributed by atoms with Gasteiger partial charge < -0.3 is 10.1 Å². The first-order chi connectivity index (χ1) is 9.31. The second-order valence-electron chi connectivity index (χ2n) is 4.87. The lowest BCUT2D eigenvalue weighted by atomic mass is 10.2. The number of nitrogens with one attached hydrogen (secondary N) is 1. The van der Waals surface area contributed by atoms with E-state index in [0.29, 0.717) is 11.9 Å². The molecule has 1 aromatic carbocycles. The molecule has 1 fully saturated rings. The van der Waals surface area contributed by atoms with Gasteiger partial charge in [0.05, 0.1) is 11.9 Å². The Morgan fingerprint density at radius 1 is 1.26 bits per heavy atom. The van der Waals surface area contributed by atoms with Crippen molar-refractivity contribution in [3.05, 3.63) is 47.9 Å². The SMILES string of the molecule is Cc1ccccc1Oc1cncc(CNC2CC2)n1. The highest BCUT2D eigenvalue weighted by Crippen LogP contribution is 2.23. The van der Waals surface area contributed by atoms with Crippen molar-refractivity contribution in [1.29, 1.82) is 0 Å². The van der Waals surface area contributed by atoms with Crippen LogP contribution < -0.4 is 10.1 Å². The first kappa shape index (κ1) is 12.1. The molecule has 2 aromatic rings. The first-order valence-corrected chi connectivity index (χ1v) is 6.59. The second-order valence-corrected chi connectivity index (χ2v) is 4.87. The molecule has 0 saturated heterocycles. The fourth-order valence-corrected chi connectivity index (χ4v) is 1.84. The number of aromatic nitrogens is 2. The minimum atomic E-state index is 0.546. The Morgan fingerprint density at radius 2 is 2.11 bits per heavy atom. The highest BCUT2D eigenvalue weighted by Gasteiger charge is 2.20. The molecule has 0 atom stereocenters. The van der Waals surface area contributed by atoms with Gasteiger partial charge in [0.15, 0.2) is 0 Å². The zero-order valence-electron chi connectivity index (χ0n) is 11.0. The standard InChI is InChI=1S/C15H17N3O/c1-11-4-2-3-5-14(11)19-15-10-16-8-13(18-15)9-17-12-6-7-12/h2-5,8,10,12,17H,6-7,9H2,1H3. The summed E-state index contributed by atoms with van der Waals surface area (Å²) in [5, 5.41) is 3.42. The van der Waals surface area contributed by atoms with E-state index in [1.165, 1.54) is 12.8 Å². The summed E-state index contributed by atoms with van der Waals surface area (Å²) in [5.74, 6) is 1.37. The number of rotatable bonds is 5. The van der Waals surface area contributed by atoms with E-state index in [2.05, 4.69) is 15.3 Å². The van der Waals surface area contributed by atoms with E-state index < -0.39 is 0 Å². The smallest absolute Gasteiger partial charge is 0.238 e. The number of aryl methyl sites for hydroxylation is 1. The highest BCUT2D eigenvalue weighted by molar-refractivity contribution is 5.34. The van der Waals surface area contributed by atoms with Crippen LogP contribution in [0.15, 0.2) is 36.7 Å². The zero-order chi connectivity index (χ0) is 13.1. The number of hydrogen-bond acceptors (Lipinski definition) is 4. The average molecular weight is 255 g/mol. The fourth-order valence-electron chi connectivity index (χ4n) is 1.84. The summed E-state index contributed by atoms with van der Waals surface area (Å²) in [4.78, 5) is 8.64. The molecule has 1 aliphatic carbocycles. The van der Waals surface area contributed by atoms with Crippen molar-refractivity contribution in [1.82, 2.24) is 15.3 Å². The van der Waals surface area contributed by atoms with Gasteiger partial charge in [-0.3, -0.25) is 4.98 Å². The van der Waals surface area contributed by atoms with Gasteiger partial charge in [-0.05, 0) is 31.4 Å². The van der Waals surface area contributed by atoms with E-state index in [1.807, 2.05) is 31.2 Å². The summed E-state index contributed by atoms with van der Waals surface area (Å²) in [6.45, 7) is 2.77. The molecule has 1 saturated carbocycles. The molecule has 98 valence electrons. The summed E-state index contributed by atoms with van der Waals surface area (Å²) >= 11 is 0. The van der Waals surface area contributed by atoms with Crippen molar-refractivity contribution in [2.75, 3.05) is 0 Å². The molecule has 0 bridgehead atoms. The van der Waals surface area contributed by atoms with Gasteiger partial charge in [-0.25, -0.2) is 4.98 Å². The lowest BCUT2D eigenvalue weighted by Crippen LogP contribution is -2.16. The van der Waals surface area contributed by atoms with Crippen LogP contribution in [0.25, 0.3) is 0 Å². The van der Waals surface area contributed by atoms with Gasteiger partial charge in [-0.1, -0.05) is 18.2 Å². The van der Waals surface area contributed by atoms with Gasteiger partial charge >= 0.3 is 0 Å². The first-order valence-electron chi connectivity index (χ1n) is 6.59. The molecule has 1 N–H and O–H groups in total. The minimum absolute atomic E-state index is 0.546. The van der Waals surface area contributed by atoms with E-state index in [1.54, 1.807) is 12.4 Å². The van der Waals surface area contributed by atoms with Crippen molar-refractivity contribution in [2.24, 2.45) is 0 Å². The zero-order valence-corrected chi connectivity index (χ0v) is 11.0. The molecule has 1 heterocycles. The number of nitrogens with zero attached hydrogens (tertiary/aromatic N) is 2. The lowest BCUT2D eigenvalue weighted by molar-refractivity contribution is 0.453. The van der Waals surface area contributed by atoms with Crippen LogP contribution in [0, 0.1) is 6.92 Å². The van der Waals surface area contributed by atoms with Crippen LogP contribution in [0.5, 0.6) is 11.6 Å². The van der Waals surface area contributed by atoms with Crippen LogP contribution in [-0.4, -0.2) is 16.0 Å². The summed E-state index contributed by atoms with van der Waals surface area (Å²) in [6.07, 6.45) is 5.97. The van der Waals surface area contributed by atoms with Gasteiger partial charge in [-0.15, -0.1) is 0 Å². The molecule has 1 aliphatic rings. The maximum Gasteiger partial charge on any atom is 0.238 e. The van der Waals surface area contributed by atoms with Gasteiger partial charge in [0.1, 0.15) is 5.75 Å². The van der Waals surface area contributed by atoms with Gasteiger partial charge in [0, 0.05) is 18.8 Å². The Bertz CT molecular complexity index is 567. The largest absolute Gasteiger partial charge is 0.437 e. The van der Waals surface area contributed by atoms with E-state index >= 15 is 0 Å². The van der Waals surface area contributed by atoms with Crippen LogP contribution in [0.1, 0.15) is 24.1 Å². The summed E-state index contributed by atoms with van der Waals surface area (Å²) in [7, 11) is 0. The lowest BCUT2D eigenvalue weighted by Gasteiger charge is -2.08. The minimum Gasteiger partial charge on any atom is -0.437 e. The Labute approximate surface area is 112 Å². The van der Waals surface area contributed by atoms with E-state index in [4.69, 9.17) is 4.74 Å². The predicted molar refractivity (Wildman–Crippen MR) is 73.1 cm³/mol. The van der Waals surface area contributed by atoms with Crippen LogP contribution in [0.3, 0.4) is 0 Å². The quantitative estimate of drug-likeness (QED) is 0.892. The van der Waals surface area contributed by atoms with Gasteiger partial charge in [0.2, 0.25) is 5.88 Å². The molecule has 0 amide bonds. The molecular formula is C15H17N3O. The van der Waals surface area contributed by atoms with Crippen molar-refractivity contribution >= 4 is 0 Å². The molecule has 1 aromatic heterocycles. The van der Waals surface area contributed by atoms with Crippen molar-refractivity contribution < 1.29 is 4.74 Å². The van der Waals surface area contributed by atoms with Gasteiger partial charge in [-0.2, -0.15) is 0 Å². The normalized spacial score (nSPS) is 14.4. The number of ether oxygens (including phenoxy) is 1. The molecule has 3 rings (SSSR count). The predicted octanol–water partition coefficient (Wildman–Crippen LogP) is 2.83. The van der Waals surface area contributed by atoms with E-state index in [9.17, 15) is 0 Å². The maximum absolute atomic E-state index is 5.77. The number of para-hydroxylation sites is 1. The second kappa shape index (κ2) is 5.36. The average Bonchev–Trinajstić information content (AvgIpc) is 3.24. The molecule has 4 heteroatoms. The summed E-state index contributed by atoms with van der Waals surface area (Å²) < 4.78 is 5.77. The van der Waals surface area contributed by atoms with Crippen LogP contribution in [-0.2, 0) is 6.54 Å². The van der Waals surface area contributed by atoms with Crippen LogP contribution in [0.4, 0.5) is 0 Å². The maximum atomic E-state index is 5.77. The molecule has 4 nitrogen and oxygen atoms in total. The third-order valence-corrected chi connectivity index (χ3v) is 3.12. The van der Waals surface area contributed by atoms with E-state index in [0.717, 1.165) is 23.6 Å². The molecule has 0 radical (unpaired) electrons.